The Balaban J connectivity index is 3.16. The van der Waals surface area contributed by atoms with Crippen LogP contribution in [0, 0.1) is 22.0 Å². The van der Waals surface area contributed by atoms with Crippen LogP contribution in [-0.4, -0.2) is 23.2 Å². The fraction of sp³-hybridized carbons (Fsp3) is 0.364. The molecule has 0 bridgehead atoms. The lowest BCUT2D eigenvalue weighted by Crippen LogP contribution is -2.43. The molecule has 1 atom stereocenters. The summed E-state index contributed by atoms with van der Waals surface area (Å²) in [6, 6.07) is 0. The van der Waals surface area contributed by atoms with Crippen molar-refractivity contribution in [3.8, 4) is 11.8 Å². The summed E-state index contributed by atoms with van der Waals surface area (Å²) in [6.07, 6.45) is 1.95. The SMILES string of the molecule is CCOC(=O)NC1=C(Cl)C=CC#C[C@]1(C)[N+](=O)[O-]. The van der Waals surface area contributed by atoms with E-state index in [1.807, 2.05) is 0 Å². The van der Waals surface area contributed by atoms with Crippen LogP contribution in [0.25, 0.3) is 0 Å². The van der Waals surface area contributed by atoms with Crippen LogP contribution in [0.1, 0.15) is 13.8 Å². The highest BCUT2D eigenvalue weighted by atomic mass is 35.5. The first-order chi connectivity index (χ1) is 8.41. The van der Waals surface area contributed by atoms with Crippen LogP contribution in [0.5, 0.6) is 0 Å². The number of amides is 1. The molecule has 1 rings (SSSR count). The van der Waals surface area contributed by atoms with E-state index in [0.29, 0.717) is 0 Å². The number of hydrogen-bond donors (Lipinski definition) is 1. The van der Waals surface area contributed by atoms with Gasteiger partial charge in [-0.1, -0.05) is 17.5 Å². The van der Waals surface area contributed by atoms with E-state index in [2.05, 4.69) is 21.9 Å². The predicted octanol–water partition coefficient (Wildman–Crippen LogP) is 1.79. The molecule has 0 heterocycles. The average molecular weight is 271 g/mol. The molecule has 0 saturated heterocycles. The first kappa shape index (κ1) is 14.1. The minimum atomic E-state index is -1.78. The number of alkyl carbamates (subject to hydrolysis) is 1. The number of rotatable bonds is 3. The number of halogens is 1. The number of hydrogen-bond acceptors (Lipinski definition) is 4. The fourth-order valence-corrected chi connectivity index (χ4v) is 1.56. The number of ether oxygens (including phenoxy) is 1. The van der Waals surface area contributed by atoms with Crippen LogP contribution in [-0.2, 0) is 4.74 Å². The van der Waals surface area contributed by atoms with Crippen molar-refractivity contribution in [2.75, 3.05) is 6.61 Å². The number of carbonyl (C=O) groups excluding carboxylic acids is 1. The van der Waals surface area contributed by atoms with Gasteiger partial charge in [0.25, 0.3) is 0 Å². The Bertz CT molecular complexity index is 501. The molecule has 1 amide bonds. The third kappa shape index (κ3) is 2.81. The van der Waals surface area contributed by atoms with E-state index in [0.717, 1.165) is 0 Å². The maximum atomic E-state index is 11.4. The molecule has 96 valence electrons. The van der Waals surface area contributed by atoms with E-state index in [9.17, 15) is 14.9 Å². The molecule has 6 nitrogen and oxygen atoms in total. The second-order valence-corrected chi connectivity index (χ2v) is 3.91. The highest BCUT2D eigenvalue weighted by Gasteiger charge is 2.43. The van der Waals surface area contributed by atoms with Gasteiger partial charge in [0.2, 0.25) is 0 Å². The lowest BCUT2D eigenvalue weighted by molar-refractivity contribution is -0.536. The molecule has 1 aliphatic rings. The third-order valence-electron chi connectivity index (χ3n) is 2.22. The molecule has 18 heavy (non-hydrogen) atoms. The second-order valence-electron chi connectivity index (χ2n) is 3.50. The molecule has 0 spiro atoms. The van der Waals surface area contributed by atoms with Crippen LogP contribution in [0.4, 0.5) is 4.79 Å². The minimum absolute atomic E-state index is 0.0275. The van der Waals surface area contributed by atoms with Crippen molar-refractivity contribution in [2.45, 2.75) is 19.4 Å². The largest absolute Gasteiger partial charge is 0.450 e. The van der Waals surface area contributed by atoms with Crippen LogP contribution < -0.4 is 5.32 Å². The Morgan fingerprint density at radius 2 is 2.39 bits per heavy atom. The summed E-state index contributed by atoms with van der Waals surface area (Å²) in [5, 5.41) is 13.4. The zero-order chi connectivity index (χ0) is 13.8. The summed E-state index contributed by atoms with van der Waals surface area (Å²) in [6.45, 7) is 3.03. The molecule has 1 N–H and O–H groups in total. The maximum absolute atomic E-state index is 11.4. The molecule has 0 aromatic rings. The molecule has 0 unspecified atom stereocenters. The quantitative estimate of drug-likeness (QED) is 0.481. The Kier molecular flexibility index (Phi) is 4.34. The summed E-state index contributed by atoms with van der Waals surface area (Å²) in [5.41, 5.74) is -1.89. The van der Waals surface area contributed by atoms with Gasteiger partial charge in [0, 0.05) is 11.8 Å². The van der Waals surface area contributed by atoms with Gasteiger partial charge in [-0.25, -0.2) is 4.79 Å². The van der Waals surface area contributed by atoms with Gasteiger partial charge in [-0.15, -0.1) is 0 Å². The molecule has 7 heteroatoms. The van der Waals surface area contributed by atoms with Gasteiger partial charge in [0.05, 0.1) is 11.6 Å². The van der Waals surface area contributed by atoms with Crippen molar-refractivity contribution in [1.29, 1.82) is 0 Å². The molecular weight excluding hydrogens is 260 g/mol. The van der Waals surface area contributed by atoms with Crippen LogP contribution in [0.15, 0.2) is 22.9 Å². The van der Waals surface area contributed by atoms with E-state index in [1.54, 1.807) is 6.92 Å². The van der Waals surface area contributed by atoms with E-state index < -0.39 is 16.6 Å². The molecule has 0 aromatic heterocycles. The molecule has 0 aliphatic heterocycles. The smallest absolute Gasteiger partial charge is 0.411 e. The number of nitrogens with zero attached hydrogens (tertiary/aromatic N) is 1. The predicted molar refractivity (Wildman–Crippen MR) is 65.4 cm³/mol. The van der Waals surface area contributed by atoms with Crippen LogP contribution >= 0.6 is 11.6 Å². The van der Waals surface area contributed by atoms with Crippen molar-refractivity contribution in [3.63, 3.8) is 0 Å². The van der Waals surface area contributed by atoms with E-state index in [4.69, 9.17) is 11.6 Å². The van der Waals surface area contributed by atoms with Crippen molar-refractivity contribution >= 4 is 17.7 Å². The van der Waals surface area contributed by atoms with Crippen LogP contribution in [0.3, 0.4) is 0 Å². The van der Waals surface area contributed by atoms with Gasteiger partial charge >= 0.3 is 11.6 Å². The summed E-state index contributed by atoms with van der Waals surface area (Å²) < 4.78 is 4.67. The van der Waals surface area contributed by atoms with Gasteiger partial charge in [0.1, 0.15) is 5.70 Å². The second kappa shape index (κ2) is 5.56. The monoisotopic (exact) mass is 270 g/mol. The Morgan fingerprint density at radius 1 is 1.72 bits per heavy atom. The van der Waals surface area contributed by atoms with Crippen molar-refractivity contribution in [1.82, 2.24) is 5.32 Å². The van der Waals surface area contributed by atoms with Gasteiger partial charge in [-0.05, 0) is 25.0 Å². The number of nitro groups is 1. The van der Waals surface area contributed by atoms with Gasteiger partial charge in [-0.2, -0.15) is 0 Å². The van der Waals surface area contributed by atoms with Crippen molar-refractivity contribution in [3.05, 3.63) is 33.0 Å². The highest BCUT2D eigenvalue weighted by Crippen LogP contribution is 2.25. The number of carbonyl (C=O) groups is 1. The van der Waals surface area contributed by atoms with Crippen molar-refractivity contribution < 1.29 is 14.5 Å². The average Bonchev–Trinajstić information content (AvgIpc) is 2.43. The zero-order valence-electron chi connectivity index (χ0n) is 9.82. The lowest BCUT2D eigenvalue weighted by atomic mass is 9.99. The van der Waals surface area contributed by atoms with Crippen LogP contribution in [0.2, 0.25) is 0 Å². The maximum Gasteiger partial charge on any atom is 0.411 e. The highest BCUT2D eigenvalue weighted by molar-refractivity contribution is 6.31. The van der Waals surface area contributed by atoms with E-state index in [-0.39, 0.29) is 17.3 Å². The molecule has 1 aliphatic carbocycles. The van der Waals surface area contributed by atoms with Gasteiger partial charge in [0.15, 0.2) is 0 Å². The molecule has 0 fully saturated rings. The topological polar surface area (TPSA) is 81.5 Å². The van der Waals surface area contributed by atoms with Crippen molar-refractivity contribution in [2.24, 2.45) is 0 Å². The third-order valence-corrected chi connectivity index (χ3v) is 2.54. The Hall–Kier alpha value is -2.00. The Morgan fingerprint density at radius 3 is 2.94 bits per heavy atom. The fourth-order valence-electron chi connectivity index (χ4n) is 1.26. The summed E-state index contributed by atoms with van der Waals surface area (Å²) >= 11 is 5.90. The van der Waals surface area contributed by atoms with Gasteiger partial charge < -0.3 is 4.74 Å². The Labute approximate surface area is 109 Å². The molecule has 0 aromatic carbocycles. The zero-order valence-corrected chi connectivity index (χ0v) is 10.6. The number of allylic oxidation sites excluding steroid dienone is 3. The number of nitrogens with one attached hydrogen (secondary N) is 1. The summed E-state index contributed by atoms with van der Waals surface area (Å²) in [5.74, 6) is 4.93. The normalized spacial score (nSPS) is 21.7. The van der Waals surface area contributed by atoms with E-state index in [1.165, 1.54) is 19.1 Å². The van der Waals surface area contributed by atoms with Gasteiger partial charge in [-0.3, -0.25) is 15.4 Å². The first-order valence-corrected chi connectivity index (χ1v) is 5.47. The summed E-state index contributed by atoms with van der Waals surface area (Å²) in [7, 11) is 0. The molecule has 0 saturated carbocycles. The summed E-state index contributed by atoms with van der Waals surface area (Å²) in [4.78, 5) is 21.9. The minimum Gasteiger partial charge on any atom is -0.450 e. The standard InChI is InChI=1S/C11H11ClN2O4/c1-3-18-10(15)13-9-8(12)6-4-5-7-11(9,2)14(16)17/h4,6H,3H2,1-2H3,(H,13,15)/t11-/m0/s1. The molecule has 0 radical (unpaired) electrons. The lowest BCUT2D eigenvalue weighted by Gasteiger charge is -2.19. The van der Waals surface area contributed by atoms with E-state index >= 15 is 0 Å². The first-order valence-electron chi connectivity index (χ1n) is 5.09. The molecular formula is C11H11ClN2O4.